The number of carbonyl (C=O) groups is 4. The molecule has 0 heterocycles. The van der Waals surface area contributed by atoms with Crippen LogP contribution in [0.15, 0.2) is 0 Å². The summed E-state index contributed by atoms with van der Waals surface area (Å²) in [4.78, 5) is 72.8. The lowest BCUT2D eigenvalue weighted by Gasteiger charge is -2.21. The Labute approximate surface area is 594 Å². The van der Waals surface area contributed by atoms with Crippen molar-refractivity contribution in [2.75, 3.05) is 39.6 Å². The zero-order valence-electron chi connectivity index (χ0n) is 63.4. The first-order valence-electron chi connectivity index (χ1n) is 40.5. The molecule has 3 N–H and O–H groups in total. The van der Waals surface area contributed by atoms with Crippen molar-refractivity contribution in [1.29, 1.82) is 0 Å². The monoisotopic (exact) mass is 1420 g/mol. The van der Waals surface area contributed by atoms with Crippen molar-refractivity contribution in [3.8, 4) is 0 Å². The molecule has 0 saturated heterocycles. The lowest BCUT2D eigenvalue weighted by atomic mass is 9.99. The van der Waals surface area contributed by atoms with Gasteiger partial charge in [-0.25, -0.2) is 9.13 Å². The molecule has 0 aliphatic rings. The van der Waals surface area contributed by atoms with Crippen LogP contribution in [0.5, 0.6) is 0 Å². The molecule has 0 aromatic carbocycles. The maximum Gasteiger partial charge on any atom is 0.472 e. The summed E-state index contributed by atoms with van der Waals surface area (Å²) in [5.41, 5.74) is 0. The van der Waals surface area contributed by atoms with Crippen molar-refractivity contribution in [3.63, 3.8) is 0 Å². The van der Waals surface area contributed by atoms with Crippen LogP contribution in [0.1, 0.15) is 408 Å². The van der Waals surface area contributed by atoms with E-state index in [-0.39, 0.29) is 25.7 Å². The van der Waals surface area contributed by atoms with Gasteiger partial charge in [0.25, 0.3) is 0 Å². The molecule has 0 saturated carbocycles. The predicted molar refractivity (Wildman–Crippen MR) is 395 cm³/mol. The molecule has 0 aromatic rings. The topological polar surface area (TPSA) is 237 Å². The average molecular weight is 1420 g/mol. The molecule has 6 atom stereocenters. The molecule has 97 heavy (non-hydrogen) atoms. The van der Waals surface area contributed by atoms with E-state index in [1.54, 1.807) is 0 Å². The lowest BCUT2D eigenvalue weighted by molar-refractivity contribution is -0.161. The molecule has 0 fully saturated rings. The largest absolute Gasteiger partial charge is 0.472 e. The van der Waals surface area contributed by atoms with Crippen LogP contribution in [-0.4, -0.2) is 96.7 Å². The van der Waals surface area contributed by atoms with E-state index in [4.69, 9.17) is 37.0 Å². The van der Waals surface area contributed by atoms with Gasteiger partial charge in [0.15, 0.2) is 12.2 Å². The van der Waals surface area contributed by atoms with E-state index < -0.39 is 97.5 Å². The highest BCUT2D eigenvalue weighted by atomic mass is 31.2. The number of hydrogen-bond acceptors (Lipinski definition) is 15. The highest BCUT2D eigenvalue weighted by Crippen LogP contribution is 2.45. The van der Waals surface area contributed by atoms with Gasteiger partial charge in [-0.1, -0.05) is 356 Å². The third-order valence-electron chi connectivity index (χ3n) is 18.6. The van der Waals surface area contributed by atoms with Crippen LogP contribution in [0.3, 0.4) is 0 Å². The summed E-state index contributed by atoms with van der Waals surface area (Å²) in [6.07, 6.45) is 58.4. The van der Waals surface area contributed by atoms with Gasteiger partial charge in [0, 0.05) is 25.7 Å². The van der Waals surface area contributed by atoms with Crippen molar-refractivity contribution in [2.24, 2.45) is 11.8 Å². The summed E-state index contributed by atoms with van der Waals surface area (Å²) in [6, 6.07) is 0. The minimum Gasteiger partial charge on any atom is -0.462 e. The van der Waals surface area contributed by atoms with E-state index in [0.29, 0.717) is 31.6 Å². The molecule has 17 nitrogen and oxygen atoms in total. The fraction of sp³-hybridized carbons (Fsp3) is 0.949. The summed E-state index contributed by atoms with van der Waals surface area (Å²) in [6.45, 7) is 9.59. The van der Waals surface area contributed by atoms with E-state index in [1.807, 2.05) is 0 Å². The summed E-state index contributed by atoms with van der Waals surface area (Å²) in [7, 11) is -9.91. The maximum absolute atomic E-state index is 13.1. The number of hydrogen-bond donors (Lipinski definition) is 3. The first kappa shape index (κ1) is 95.1. The third kappa shape index (κ3) is 70.9. The molecule has 0 amide bonds. The van der Waals surface area contributed by atoms with Crippen molar-refractivity contribution in [1.82, 2.24) is 0 Å². The van der Waals surface area contributed by atoms with E-state index in [1.165, 1.54) is 218 Å². The fourth-order valence-electron chi connectivity index (χ4n) is 12.0. The van der Waals surface area contributed by atoms with E-state index in [0.717, 1.165) is 102 Å². The second-order valence-electron chi connectivity index (χ2n) is 28.8. The predicted octanol–water partition coefficient (Wildman–Crippen LogP) is 23.1. The van der Waals surface area contributed by atoms with Gasteiger partial charge < -0.3 is 33.8 Å². The number of unbranched alkanes of at least 4 members (excludes halogenated alkanes) is 46. The van der Waals surface area contributed by atoms with Crippen LogP contribution in [0, 0.1) is 11.8 Å². The smallest absolute Gasteiger partial charge is 0.462 e. The molecule has 0 aliphatic heterocycles. The van der Waals surface area contributed by atoms with Gasteiger partial charge >= 0.3 is 39.5 Å². The highest BCUT2D eigenvalue weighted by Gasteiger charge is 2.30. The Morgan fingerprint density at radius 1 is 0.299 bits per heavy atom. The second-order valence-corrected chi connectivity index (χ2v) is 31.7. The van der Waals surface area contributed by atoms with Gasteiger partial charge in [-0.05, 0) is 37.5 Å². The molecule has 0 radical (unpaired) electrons. The first-order valence-corrected chi connectivity index (χ1v) is 43.5. The van der Waals surface area contributed by atoms with Crippen LogP contribution in [0.4, 0.5) is 0 Å². The Bertz CT molecular complexity index is 1870. The van der Waals surface area contributed by atoms with Crippen LogP contribution >= 0.6 is 15.6 Å². The molecular weight excluding hydrogens is 1270 g/mol. The van der Waals surface area contributed by atoms with Gasteiger partial charge in [-0.15, -0.1) is 0 Å². The van der Waals surface area contributed by atoms with Crippen molar-refractivity contribution >= 4 is 39.5 Å². The Balaban J connectivity index is 5.18. The molecule has 0 spiro atoms. The van der Waals surface area contributed by atoms with Crippen molar-refractivity contribution in [3.05, 3.63) is 0 Å². The Morgan fingerprint density at radius 3 is 0.784 bits per heavy atom. The third-order valence-corrected chi connectivity index (χ3v) is 20.5. The zero-order valence-corrected chi connectivity index (χ0v) is 65.2. The Kier molecular flexibility index (Phi) is 68.4. The SMILES string of the molecule is CCCCCCCCCCCCCCCCC(=O)OC[C@H](COP(=O)(O)OC[C@@H](O)COP(=O)(O)OC[C@@H](COC(=O)CCCCCCCCC(C)C)OC(=O)CCCCCCCCCCCCCC)OC(=O)CCCCCCCCCCCCCCCCCCCCC(C)CC. The number of ether oxygens (including phenoxy) is 4. The number of rotatable bonds is 77. The molecule has 3 unspecified atom stereocenters. The number of aliphatic hydroxyl groups excluding tert-OH is 1. The first-order chi connectivity index (χ1) is 46.9. The van der Waals surface area contributed by atoms with E-state index >= 15 is 0 Å². The van der Waals surface area contributed by atoms with Gasteiger partial charge in [0.05, 0.1) is 26.4 Å². The standard InChI is InChI=1S/C78H152O17P2/c1-7-10-12-14-16-18-20-22-30-34-37-41-48-54-60-75(80)88-66-73(94-78(83)63-57-51-43-39-35-31-28-26-24-23-25-27-29-32-36-40-47-53-59-71(6)9-3)68-92-96(84,85)90-64-72(79)65-91-97(86,87)93-69-74(67-89-76(81)61-55-49-45-44-46-52-58-70(4)5)95-77(82)62-56-50-42-38-33-21-19-17-15-13-11-8-2/h70-74,79H,7-69H2,1-6H3,(H,84,85)(H,86,87)/t71?,72-,73-,74-/m1/s1. The van der Waals surface area contributed by atoms with Crippen molar-refractivity contribution < 1.29 is 80.2 Å². The Morgan fingerprint density at radius 2 is 0.526 bits per heavy atom. The average Bonchev–Trinajstić information content (AvgIpc) is 1.36. The molecule has 576 valence electrons. The maximum atomic E-state index is 13.1. The summed E-state index contributed by atoms with van der Waals surface area (Å²) in [5, 5.41) is 10.6. The summed E-state index contributed by atoms with van der Waals surface area (Å²) in [5.74, 6) is -0.563. The molecular formula is C78H152O17P2. The normalized spacial score (nSPS) is 14.2. The molecule has 0 rings (SSSR count). The number of phosphoric ester groups is 2. The number of phosphoric acid groups is 2. The quantitative estimate of drug-likeness (QED) is 0.0222. The molecule has 0 bridgehead atoms. The lowest BCUT2D eigenvalue weighted by Crippen LogP contribution is -2.30. The van der Waals surface area contributed by atoms with Crippen LogP contribution in [-0.2, 0) is 65.4 Å². The minimum absolute atomic E-state index is 0.106. The van der Waals surface area contributed by atoms with Gasteiger partial charge in [-0.3, -0.25) is 37.3 Å². The fourth-order valence-corrected chi connectivity index (χ4v) is 13.6. The molecule has 0 aromatic heterocycles. The Hall–Kier alpha value is -1.94. The minimum atomic E-state index is -4.96. The van der Waals surface area contributed by atoms with Crippen LogP contribution in [0.25, 0.3) is 0 Å². The molecule has 19 heteroatoms. The van der Waals surface area contributed by atoms with Gasteiger partial charge in [0.2, 0.25) is 0 Å². The van der Waals surface area contributed by atoms with Gasteiger partial charge in [0.1, 0.15) is 19.3 Å². The van der Waals surface area contributed by atoms with E-state index in [2.05, 4.69) is 41.5 Å². The number of carbonyl (C=O) groups excluding carboxylic acids is 4. The zero-order chi connectivity index (χ0) is 71.4. The highest BCUT2D eigenvalue weighted by molar-refractivity contribution is 7.47. The number of esters is 4. The van der Waals surface area contributed by atoms with Crippen LogP contribution in [0.2, 0.25) is 0 Å². The summed E-state index contributed by atoms with van der Waals surface area (Å²) >= 11 is 0. The van der Waals surface area contributed by atoms with Crippen LogP contribution < -0.4 is 0 Å². The molecule has 0 aliphatic carbocycles. The number of aliphatic hydroxyl groups is 1. The summed E-state index contributed by atoms with van der Waals surface area (Å²) < 4.78 is 68.5. The second kappa shape index (κ2) is 69.8. The van der Waals surface area contributed by atoms with Crippen molar-refractivity contribution in [2.45, 2.75) is 426 Å². The van der Waals surface area contributed by atoms with Gasteiger partial charge in [-0.2, -0.15) is 0 Å². The van der Waals surface area contributed by atoms with E-state index in [9.17, 15) is 43.2 Å².